The van der Waals surface area contributed by atoms with E-state index in [0.717, 1.165) is 108 Å². The van der Waals surface area contributed by atoms with Crippen molar-refractivity contribution in [1.82, 2.24) is 0 Å². The molecule has 0 aromatic carbocycles. The number of ether oxygens (including phenoxy) is 4. The van der Waals surface area contributed by atoms with E-state index in [1.54, 1.807) is 0 Å². The van der Waals surface area contributed by atoms with Crippen molar-refractivity contribution in [3.63, 3.8) is 0 Å². The van der Waals surface area contributed by atoms with Gasteiger partial charge in [0.05, 0.1) is 26.4 Å². The molecule has 0 aliphatic heterocycles. The Morgan fingerprint density at radius 3 is 0.731 bits per heavy atom. The third kappa shape index (κ3) is 75.5. The lowest BCUT2D eigenvalue weighted by Gasteiger charge is -2.21. The second-order valence-corrected chi connectivity index (χ2v) is 34.4. The van der Waals surface area contributed by atoms with Crippen molar-refractivity contribution in [1.29, 1.82) is 0 Å². The third-order valence-corrected chi connectivity index (χ3v) is 22.5. The van der Waals surface area contributed by atoms with E-state index in [4.69, 9.17) is 37.0 Å². The molecule has 0 amide bonds. The lowest BCUT2D eigenvalue weighted by Crippen LogP contribution is -2.30. The minimum atomic E-state index is -4.97. The second kappa shape index (κ2) is 75.1. The Bertz CT molecular complexity index is 2010. The molecular formula is C85H166O17P2. The van der Waals surface area contributed by atoms with Gasteiger partial charge in [0.1, 0.15) is 19.3 Å². The number of phosphoric ester groups is 2. The van der Waals surface area contributed by atoms with Crippen LogP contribution in [0.15, 0.2) is 0 Å². The molecule has 0 saturated carbocycles. The standard InChI is InChI=1S/C85H166O17P2/c1-8-11-12-13-14-15-16-17-18-19-20-21-25-28-31-34-37-45-52-59-66-82(87)95-72-80(101-84(89)68-61-54-46-38-35-32-29-26-23-22-24-27-30-33-36-43-50-57-64-77(6)9-2)74-99-103(91,92)97-70-79(86)71-98-104(93,94)100-75-81(73-96-83(88)67-60-53-48-41-42-49-56-63-76(4)5)102-85(90)69-62-55-47-40-39-44-51-58-65-78(7)10-3/h76-81,86H,8-75H2,1-7H3,(H,91,92)(H,93,94)/t77?,78?,79-,80-,81-/m1/s1. The van der Waals surface area contributed by atoms with Gasteiger partial charge in [0.25, 0.3) is 0 Å². The summed E-state index contributed by atoms with van der Waals surface area (Å²) in [5.41, 5.74) is 0. The van der Waals surface area contributed by atoms with E-state index in [1.165, 1.54) is 250 Å². The van der Waals surface area contributed by atoms with Crippen LogP contribution in [0.5, 0.6) is 0 Å². The molecule has 0 spiro atoms. The molecule has 3 N–H and O–H groups in total. The Hall–Kier alpha value is -1.94. The Balaban J connectivity index is 5.20. The molecule has 0 aromatic heterocycles. The number of aliphatic hydroxyl groups excluding tert-OH is 1. The fourth-order valence-electron chi connectivity index (χ4n) is 13.1. The molecule has 0 aromatic rings. The van der Waals surface area contributed by atoms with Gasteiger partial charge in [-0.05, 0) is 43.4 Å². The molecule has 0 saturated heterocycles. The van der Waals surface area contributed by atoms with E-state index in [9.17, 15) is 43.2 Å². The number of hydrogen-bond acceptors (Lipinski definition) is 15. The maximum absolute atomic E-state index is 13.1. The molecule has 0 radical (unpaired) electrons. The number of esters is 4. The number of unbranched alkanes of at least 4 members (excludes halogenated alkanes) is 49. The number of carbonyl (C=O) groups is 4. The second-order valence-electron chi connectivity index (χ2n) is 31.5. The molecule has 0 fully saturated rings. The predicted octanol–water partition coefficient (Wildman–Crippen LogP) is 25.7. The van der Waals surface area contributed by atoms with Crippen LogP contribution in [0.1, 0.15) is 447 Å². The number of aliphatic hydroxyl groups is 1. The Morgan fingerprint density at radius 2 is 0.490 bits per heavy atom. The SMILES string of the molecule is CCCCCCCCCCCCCCCCCCCCCCC(=O)OC[C@H](COP(=O)(O)OC[C@@H](O)COP(=O)(O)OC[C@@H](COC(=O)CCCCCCCCCC(C)C)OC(=O)CCCCCCCCCCC(C)CC)OC(=O)CCCCCCCCCCCCCCCCCCCCC(C)CC. The molecule has 0 heterocycles. The molecule has 4 unspecified atom stereocenters. The van der Waals surface area contributed by atoms with E-state index in [2.05, 4.69) is 48.5 Å². The molecule has 0 aliphatic carbocycles. The van der Waals surface area contributed by atoms with Crippen LogP contribution >= 0.6 is 15.6 Å². The van der Waals surface area contributed by atoms with Crippen molar-refractivity contribution in [2.45, 2.75) is 465 Å². The quantitative estimate of drug-likeness (QED) is 0.0222. The van der Waals surface area contributed by atoms with Crippen LogP contribution in [0.3, 0.4) is 0 Å². The zero-order valence-corrected chi connectivity index (χ0v) is 70.3. The maximum Gasteiger partial charge on any atom is 0.472 e. The number of carbonyl (C=O) groups excluding carboxylic acids is 4. The summed E-state index contributed by atoms with van der Waals surface area (Å²) in [5, 5.41) is 10.7. The van der Waals surface area contributed by atoms with Crippen LogP contribution in [0.25, 0.3) is 0 Å². The van der Waals surface area contributed by atoms with E-state index < -0.39 is 97.5 Å². The molecule has 0 aliphatic rings. The molecule has 7 atom stereocenters. The van der Waals surface area contributed by atoms with Gasteiger partial charge >= 0.3 is 39.5 Å². The van der Waals surface area contributed by atoms with E-state index in [0.29, 0.717) is 31.6 Å². The first-order chi connectivity index (χ1) is 50.3. The minimum absolute atomic E-state index is 0.104. The highest BCUT2D eigenvalue weighted by molar-refractivity contribution is 7.47. The van der Waals surface area contributed by atoms with Gasteiger partial charge in [0.15, 0.2) is 12.2 Å². The largest absolute Gasteiger partial charge is 0.472 e. The van der Waals surface area contributed by atoms with E-state index in [-0.39, 0.29) is 25.7 Å². The Morgan fingerprint density at radius 1 is 0.279 bits per heavy atom. The lowest BCUT2D eigenvalue weighted by atomic mass is 9.99. The fourth-order valence-corrected chi connectivity index (χ4v) is 14.7. The average Bonchev–Trinajstić information content (AvgIpc) is 0.904. The highest BCUT2D eigenvalue weighted by atomic mass is 31.2. The van der Waals surface area contributed by atoms with Crippen molar-refractivity contribution < 1.29 is 80.2 Å². The Labute approximate surface area is 638 Å². The summed E-state index contributed by atoms with van der Waals surface area (Å²) >= 11 is 0. The summed E-state index contributed by atoms with van der Waals surface area (Å²) in [7, 11) is -9.92. The van der Waals surface area contributed by atoms with Gasteiger partial charge in [0.2, 0.25) is 0 Å². The molecule has 0 bridgehead atoms. The predicted molar refractivity (Wildman–Crippen MR) is 428 cm³/mol. The highest BCUT2D eigenvalue weighted by Gasteiger charge is 2.30. The highest BCUT2D eigenvalue weighted by Crippen LogP contribution is 2.45. The van der Waals surface area contributed by atoms with Crippen LogP contribution in [0.4, 0.5) is 0 Å². The van der Waals surface area contributed by atoms with Gasteiger partial charge in [-0.3, -0.25) is 37.3 Å². The van der Waals surface area contributed by atoms with Crippen molar-refractivity contribution in [3.05, 3.63) is 0 Å². The van der Waals surface area contributed by atoms with E-state index in [1.807, 2.05) is 0 Å². The van der Waals surface area contributed by atoms with Crippen molar-refractivity contribution in [2.24, 2.45) is 17.8 Å². The maximum atomic E-state index is 13.1. The topological polar surface area (TPSA) is 237 Å². The summed E-state index contributed by atoms with van der Waals surface area (Å²) in [4.78, 5) is 73.1. The van der Waals surface area contributed by atoms with Gasteiger partial charge in [-0.2, -0.15) is 0 Å². The summed E-state index contributed by atoms with van der Waals surface area (Å²) in [6, 6.07) is 0. The third-order valence-electron chi connectivity index (χ3n) is 20.6. The Kier molecular flexibility index (Phi) is 73.7. The normalized spacial score (nSPS) is 14.4. The van der Waals surface area contributed by atoms with Crippen LogP contribution < -0.4 is 0 Å². The summed E-state index contributed by atoms with van der Waals surface area (Å²) in [5.74, 6) is 0.235. The van der Waals surface area contributed by atoms with Crippen LogP contribution in [0, 0.1) is 17.8 Å². The minimum Gasteiger partial charge on any atom is -0.462 e. The van der Waals surface area contributed by atoms with E-state index >= 15 is 0 Å². The summed E-state index contributed by atoms with van der Waals surface area (Å²) in [6.07, 6.45) is 65.5. The first-order valence-electron chi connectivity index (χ1n) is 43.9. The van der Waals surface area contributed by atoms with Gasteiger partial charge in [-0.15, -0.1) is 0 Å². The number of phosphoric acid groups is 2. The number of rotatable bonds is 83. The van der Waals surface area contributed by atoms with Gasteiger partial charge in [0, 0.05) is 25.7 Å². The molecule has 17 nitrogen and oxygen atoms in total. The van der Waals surface area contributed by atoms with Crippen molar-refractivity contribution in [2.75, 3.05) is 39.6 Å². The first-order valence-corrected chi connectivity index (χ1v) is 46.9. The van der Waals surface area contributed by atoms with Crippen LogP contribution in [0.2, 0.25) is 0 Å². The molecule has 104 heavy (non-hydrogen) atoms. The molecular weight excluding hydrogens is 1350 g/mol. The lowest BCUT2D eigenvalue weighted by molar-refractivity contribution is -0.161. The molecule has 0 rings (SSSR count). The fraction of sp³-hybridized carbons (Fsp3) is 0.953. The van der Waals surface area contributed by atoms with Gasteiger partial charge < -0.3 is 33.8 Å². The zero-order chi connectivity index (χ0) is 76.5. The van der Waals surface area contributed by atoms with Crippen LogP contribution in [-0.4, -0.2) is 96.7 Å². The van der Waals surface area contributed by atoms with Crippen molar-refractivity contribution in [3.8, 4) is 0 Å². The van der Waals surface area contributed by atoms with Gasteiger partial charge in [-0.25, -0.2) is 9.13 Å². The molecule has 618 valence electrons. The van der Waals surface area contributed by atoms with Crippen molar-refractivity contribution >= 4 is 39.5 Å². The zero-order valence-electron chi connectivity index (χ0n) is 68.5. The monoisotopic (exact) mass is 1520 g/mol. The summed E-state index contributed by atoms with van der Waals surface area (Å²) < 4.78 is 68.8. The molecule has 19 heteroatoms. The summed E-state index contributed by atoms with van der Waals surface area (Å²) in [6.45, 7) is 12.0. The van der Waals surface area contributed by atoms with Crippen LogP contribution in [-0.2, 0) is 65.4 Å². The smallest absolute Gasteiger partial charge is 0.462 e. The van der Waals surface area contributed by atoms with Gasteiger partial charge in [-0.1, -0.05) is 395 Å². The average molecular weight is 1520 g/mol. The number of hydrogen-bond donors (Lipinski definition) is 3. The first kappa shape index (κ1) is 102.